The van der Waals surface area contributed by atoms with Gasteiger partial charge in [-0.1, -0.05) is 34.1 Å². The average molecular weight is 620 g/mol. The predicted molar refractivity (Wildman–Crippen MR) is 165 cm³/mol. The van der Waals surface area contributed by atoms with Crippen LogP contribution in [0.2, 0.25) is 0 Å². The molecule has 4 aliphatic rings. The molecule has 0 heterocycles. The summed E-state index contributed by atoms with van der Waals surface area (Å²) in [4.78, 5) is 12.8. The third kappa shape index (κ3) is 5.60. The van der Waals surface area contributed by atoms with Crippen LogP contribution in [0.3, 0.4) is 0 Å². The summed E-state index contributed by atoms with van der Waals surface area (Å²) in [6, 6.07) is 4.26. The number of nitrogens with one attached hydrogen (secondary N) is 1. The second kappa shape index (κ2) is 12.2. The Morgan fingerprint density at radius 2 is 1.67 bits per heavy atom. The molecule has 242 valence electrons. The number of sulfonamides is 1. The monoisotopic (exact) mass is 619 g/mol. The van der Waals surface area contributed by atoms with Gasteiger partial charge in [0.05, 0.1) is 31.3 Å². The Kier molecular flexibility index (Phi) is 9.21. The lowest BCUT2D eigenvalue weighted by atomic mass is 9.41. The highest BCUT2D eigenvalue weighted by molar-refractivity contribution is 7.90. The number of hydrogen-bond donors (Lipinski definition) is 3. The minimum Gasteiger partial charge on any atom is -0.493 e. The molecule has 0 aromatic heterocycles. The van der Waals surface area contributed by atoms with Crippen molar-refractivity contribution in [2.45, 2.75) is 109 Å². The zero-order chi connectivity index (χ0) is 31.3. The van der Waals surface area contributed by atoms with Crippen LogP contribution in [0.5, 0.6) is 11.5 Å². The minimum absolute atomic E-state index is 0.0470. The van der Waals surface area contributed by atoms with Crippen LogP contribution < -0.4 is 14.2 Å². The van der Waals surface area contributed by atoms with Crippen molar-refractivity contribution in [2.75, 3.05) is 14.2 Å². The largest absolute Gasteiger partial charge is 0.493 e. The fourth-order valence-corrected chi connectivity index (χ4v) is 11.8. The van der Waals surface area contributed by atoms with Crippen molar-refractivity contribution in [3.05, 3.63) is 18.2 Å². The Labute approximate surface area is 258 Å². The molecule has 3 N–H and O–H groups in total. The van der Waals surface area contributed by atoms with Gasteiger partial charge in [-0.25, -0.2) is 13.1 Å². The molecule has 1 aromatic rings. The molecule has 0 radical (unpaired) electrons. The number of aliphatic hydroxyl groups is 2. The van der Waals surface area contributed by atoms with Gasteiger partial charge in [0.15, 0.2) is 11.5 Å². The van der Waals surface area contributed by atoms with E-state index >= 15 is 0 Å². The highest BCUT2D eigenvalue weighted by atomic mass is 32.2. The van der Waals surface area contributed by atoms with E-state index < -0.39 is 15.9 Å². The summed E-state index contributed by atoms with van der Waals surface area (Å²) >= 11 is 0. The number of rotatable bonds is 9. The first kappa shape index (κ1) is 32.6. The Bertz CT molecular complexity index is 1290. The van der Waals surface area contributed by atoms with E-state index in [2.05, 4.69) is 32.4 Å². The number of ether oxygens (including phenoxy) is 2. The van der Waals surface area contributed by atoms with Gasteiger partial charge in [-0.2, -0.15) is 0 Å². The van der Waals surface area contributed by atoms with Gasteiger partial charge in [-0.05, 0) is 116 Å². The van der Waals surface area contributed by atoms with Crippen LogP contribution in [0.25, 0.3) is 0 Å². The van der Waals surface area contributed by atoms with Gasteiger partial charge in [-0.15, -0.1) is 0 Å². The van der Waals surface area contributed by atoms with Crippen LogP contribution in [-0.2, 0) is 14.8 Å². The van der Waals surface area contributed by atoms with E-state index in [9.17, 15) is 23.4 Å². The van der Waals surface area contributed by atoms with E-state index in [4.69, 9.17) is 9.47 Å². The number of aliphatic hydroxyl groups excluding tert-OH is 2. The van der Waals surface area contributed by atoms with Gasteiger partial charge >= 0.3 is 0 Å². The van der Waals surface area contributed by atoms with Crippen molar-refractivity contribution in [1.82, 2.24) is 4.72 Å². The van der Waals surface area contributed by atoms with E-state index in [0.29, 0.717) is 35.8 Å². The topological polar surface area (TPSA) is 122 Å². The number of carbonyl (C=O) groups is 1. The molecule has 0 spiro atoms. The quantitative estimate of drug-likeness (QED) is 0.331. The molecule has 4 unspecified atom stereocenters. The maximum Gasteiger partial charge on any atom is 0.264 e. The molecule has 8 nitrogen and oxygen atoms in total. The number of amides is 1. The molecule has 0 saturated heterocycles. The number of benzene rings is 1. The number of carbonyl (C=O) groups excluding carboxylic acids is 1. The van der Waals surface area contributed by atoms with E-state index in [1.807, 2.05) is 0 Å². The summed E-state index contributed by atoms with van der Waals surface area (Å²) in [7, 11) is -1.13. The van der Waals surface area contributed by atoms with Gasteiger partial charge in [0, 0.05) is 12.5 Å². The van der Waals surface area contributed by atoms with E-state index in [1.165, 1.54) is 32.4 Å². The summed E-state index contributed by atoms with van der Waals surface area (Å²) < 4.78 is 38.6. The first-order chi connectivity index (χ1) is 20.3. The van der Waals surface area contributed by atoms with Gasteiger partial charge in [0.25, 0.3) is 10.0 Å². The van der Waals surface area contributed by atoms with Crippen LogP contribution in [0.1, 0.15) is 91.9 Å². The molecular formula is C34H53NO7S. The number of hydrogen-bond acceptors (Lipinski definition) is 7. The molecule has 4 aliphatic carbocycles. The first-order valence-electron chi connectivity index (χ1n) is 16.4. The summed E-state index contributed by atoms with van der Waals surface area (Å²) in [5.41, 5.74) is 0.270. The van der Waals surface area contributed by atoms with Gasteiger partial charge in [0.2, 0.25) is 5.91 Å². The lowest BCUT2D eigenvalue weighted by molar-refractivity contribution is -0.203. The molecule has 0 aliphatic heterocycles. The fourth-order valence-electron chi connectivity index (χ4n) is 10.7. The zero-order valence-electron chi connectivity index (χ0n) is 26.8. The lowest BCUT2D eigenvalue weighted by Gasteiger charge is -2.64. The molecule has 1 amide bonds. The third-order valence-corrected chi connectivity index (χ3v) is 14.3. The van der Waals surface area contributed by atoms with Gasteiger partial charge in [-0.3, -0.25) is 4.79 Å². The first-order valence-corrected chi connectivity index (χ1v) is 17.9. The Hall–Kier alpha value is -1.84. The number of fused-ring (bicyclic) bond motifs is 5. The van der Waals surface area contributed by atoms with Crippen LogP contribution in [0.4, 0.5) is 0 Å². The lowest BCUT2D eigenvalue weighted by Crippen LogP contribution is -2.62. The normalized spacial score (nSPS) is 39.6. The minimum atomic E-state index is -4.04. The smallest absolute Gasteiger partial charge is 0.264 e. The van der Waals surface area contributed by atoms with Gasteiger partial charge in [0.1, 0.15) is 0 Å². The average Bonchev–Trinajstić information content (AvgIpc) is 3.33. The van der Waals surface area contributed by atoms with E-state index in [-0.39, 0.29) is 57.9 Å². The maximum atomic E-state index is 12.9. The SMILES string of the molecule is CC[C@@H]1C2C[C@H](O)CCC2(C)[C@H]2CCC3(C)C([C@H](C)CCC(=O)NS(=O)(=O)c4ccc(OC)c(OC)c4)CC[C@H]3[C@@H]2[C@@H]1O. The van der Waals surface area contributed by atoms with Crippen molar-refractivity contribution in [3.63, 3.8) is 0 Å². The van der Waals surface area contributed by atoms with Crippen molar-refractivity contribution < 1.29 is 32.9 Å². The molecule has 4 saturated carbocycles. The maximum absolute atomic E-state index is 12.9. The highest BCUT2D eigenvalue weighted by Gasteiger charge is 2.64. The van der Waals surface area contributed by atoms with E-state index in [0.717, 1.165) is 51.4 Å². The second-order valence-corrected chi connectivity index (χ2v) is 16.4. The van der Waals surface area contributed by atoms with Crippen LogP contribution in [0, 0.1) is 52.3 Å². The fraction of sp³-hybridized carbons (Fsp3) is 0.794. The summed E-state index contributed by atoms with van der Waals surface area (Å²) in [6.45, 7) is 9.30. The predicted octanol–water partition coefficient (Wildman–Crippen LogP) is 5.55. The van der Waals surface area contributed by atoms with Crippen LogP contribution >= 0.6 is 0 Å². The Morgan fingerprint density at radius 3 is 2.35 bits per heavy atom. The molecule has 5 rings (SSSR count). The summed E-state index contributed by atoms with van der Waals surface area (Å²) in [5, 5.41) is 22.5. The second-order valence-electron chi connectivity index (χ2n) is 14.7. The van der Waals surface area contributed by atoms with Crippen LogP contribution in [-0.4, -0.2) is 51.0 Å². The molecule has 9 heteroatoms. The van der Waals surface area contributed by atoms with Crippen molar-refractivity contribution in [2.24, 2.45) is 52.3 Å². The van der Waals surface area contributed by atoms with Crippen molar-refractivity contribution in [3.8, 4) is 11.5 Å². The molecule has 4 fully saturated rings. The Morgan fingerprint density at radius 1 is 1.00 bits per heavy atom. The summed E-state index contributed by atoms with van der Waals surface area (Å²) in [6.07, 6.45) is 8.29. The van der Waals surface area contributed by atoms with Crippen molar-refractivity contribution >= 4 is 15.9 Å². The van der Waals surface area contributed by atoms with Crippen LogP contribution in [0.15, 0.2) is 23.1 Å². The highest BCUT2D eigenvalue weighted by Crippen LogP contribution is 2.69. The summed E-state index contributed by atoms with van der Waals surface area (Å²) in [5.74, 6) is 2.72. The van der Waals surface area contributed by atoms with Crippen molar-refractivity contribution in [1.29, 1.82) is 0 Å². The van der Waals surface area contributed by atoms with Gasteiger partial charge < -0.3 is 19.7 Å². The zero-order valence-corrected chi connectivity index (χ0v) is 27.7. The molecule has 1 aromatic carbocycles. The third-order valence-electron chi connectivity index (χ3n) is 12.9. The molecular weight excluding hydrogens is 566 g/mol. The Balaban J connectivity index is 1.25. The molecule has 11 atom stereocenters. The number of methoxy groups -OCH3 is 2. The van der Waals surface area contributed by atoms with E-state index in [1.54, 1.807) is 0 Å². The molecule has 43 heavy (non-hydrogen) atoms. The molecule has 0 bridgehead atoms. The standard InChI is InChI=1S/C34H53NO7S/c1-7-23-27-18-21(36)14-16-34(27,4)26-15-17-33(3)24(10-11-25(33)31(26)32(23)38)20(2)8-13-30(37)35-43(39,40)22-9-12-28(41-5)29(19-22)42-6/h9,12,19-21,23-27,31-32,36,38H,7-8,10-11,13-18H2,1-6H3,(H,35,37)/t20-,21-,23-,24?,25+,26+,27?,31+,32-,33?,34?/m1/s1.